The molecule has 0 atom stereocenters. The van der Waals surface area contributed by atoms with Gasteiger partial charge in [0.15, 0.2) is 5.76 Å². The number of primary amides is 1. The SMILES string of the molecule is NC(=O)c1oc2ccccc2c1COCCC(F)(F)F. The lowest BCUT2D eigenvalue weighted by molar-refractivity contribution is -0.146. The van der Waals surface area contributed by atoms with Gasteiger partial charge in [-0.05, 0) is 6.07 Å². The van der Waals surface area contributed by atoms with E-state index in [2.05, 4.69) is 0 Å². The molecule has 1 heterocycles. The Hall–Kier alpha value is -2.02. The molecule has 0 aliphatic heterocycles. The quantitative estimate of drug-likeness (QED) is 0.860. The van der Waals surface area contributed by atoms with Crippen LogP contribution in [0.2, 0.25) is 0 Å². The highest BCUT2D eigenvalue weighted by Gasteiger charge is 2.26. The summed E-state index contributed by atoms with van der Waals surface area (Å²) in [6.45, 7) is -0.646. The van der Waals surface area contributed by atoms with Gasteiger partial charge in [0.1, 0.15) is 5.58 Å². The number of fused-ring (bicyclic) bond motifs is 1. The molecule has 2 rings (SSSR count). The van der Waals surface area contributed by atoms with Gasteiger partial charge in [0.05, 0.1) is 19.6 Å². The number of alkyl halides is 3. The van der Waals surface area contributed by atoms with Crippen LogP contribution in [0, 0.1) is 0 Å². The van der Waals surface area contributed by atoms with Crippen LogP contribution in [-0.4, -0.2) is 18.7 Å². The van der Waals surface area contributed by atoms with Crippen molar-refractivity contribution in [2.45, 2.75) is 19.2 Å². The smallest absolute Gasteiger partial charge is 0.391 e. The van der Waals surface area contributed by atoms with E-state index in [1.54, 1.807) is 24.3 Å². The highest BCUT2D eigenvalue weighted by Crippen LogP contribution is 2.27. The Kier molecular flexibility index (Phi) is 3.99. The molecule has 0 aliphatic carbocycles. The molecule has 1 aromatic heterocycles. The number of carbonyl (C=O) groups is 1. The molecule has 0 aliphatic rings. The molecule has 108 valence electrons. The van der Waals surface area contributed by atoms with E-state index in [4.69, 9.17) is 14.9 Å². The molecule has 7 heteroatoms. The van der Waals surface area contributed by atoms with Crippen LogP contribution in [0.4, 0.5) is 13.2 Å². The molecule has 1 aromatic carbocycles. The molecule has 4 nitrogen and oxygen atoms in total. The second-order valence-electron chi connectivity index (χ2n) is 4.19. The topological polar surface area (TPSA) is 65.5 Å². The highest BCUT2D eigenvalue weighted by molar-refractivity contribution is 5.98. The number of ether oxygens (including phenoxy) is 1. The lowest BCUT2D eigenvalue weighted by atomic mass is 10.1. The van der Waals surface area contributed by atoms with E-state index in [9.17, 15) is 18.0 Å². The first-order chi connectivity index (χ1) is 9.38. The largest absolute Gasteiger partial charge is 0.451 e. The Labute approximate surface area is 112 Å². The third kappa shape index (κ3) is 3.30. The van der Waals surface area contributed by atoms with Gasteiger partial charge in [0, 0.05) is 10.9 Å². The summed E-state index contributed by atoms with van der Waals surface area (Å²) in [6.07, 6.45) is -5.32. The van der Waals surface area contributed by atoms with Crippen molar-refractivity contribution in [2.75, 3.05) is 6.61 Å². The van der Waals surface area contributed by atoms with Gasteiger partial charge < -0.3 is 14.9 Å². The lowest BCUT2D eigenvalue weighted by Gasteiger charge is -2.07. The van der Waals surface area contributed by atoms with Crippen molar-refractivity contribution in [1.29, 1.82) is 0 Å². The summed E-state index contributed by atoms with van der Waals surface area (Å²) in [4.78, 5) is 11.3. The molecule has 2 N–H and O–H groups in total. The maximum Gasteiger partial charge on any atom is 0.391 e. The van der Waals surface area contributed by atoms with Gasteiger partial charge in [0.25, 0.3) is 5.91 Å². The van der Waals surface area contributed by atoms with Crippen LogP contribution in [0.15, 0.2) is 28.7 Å². The van der Waals surface area contributed by atoms with E-state index in [-0.39, 0.29) is 12.4 Å². The number of hydrogen-bond donors (Lipinski definition) is 1. The zero-order valence-corrected chi connectivity index (χ0v) is 10.4. The van der Waals surface area contributed by atoms with Crippen LogP contribution in [0.1, 0.15) is 22.5 Å². The zero-order valence-electron chi connectivity index (χ0n) is 10.4. The fourth-order valence-corrected chi connectivity index (χ4v) is 1.80. The Balaban J connectivity index is 2.15. The fourth-order valence-electron chi connectivity index (χ4n) is 1.80. The lowest BCUT2D eigenvalue weighted by Crippen LogP contribution is -2.14. The first kappa shape index (κ1) is 14.4. The number of hydrogen-bond acceptors (Lipinski definition) is 3. The van der Waals surface area contributed by atoms with Gasteiger partial charge in [0.2, 0.25) is 0 Å². The van der Waals surface area contributed by atoms with Crippen LogP contribution in [0.5, 0.6) is 0 Å². The van der Waals surface area contributed by atoms with Crippen molar-refractivity contribution < 1.29 is 27.1 Å². The van der Waals surface area contributed by atoms with Crippen molar-refractivity contribution in [2.24, 2.45) is 5.73 Å². The van der Waals surface area contributed by atoms with E-state index < -0.39 is 25.1 Å². The summed E-state index contributed by atoms with van der Waals surface area (Å²) < 4.78 is 46.3. The van der Waals surface area contributed by atoms with E-state index in [1.165, 1.54) is 0 Å². The van der Waals surface area contributed by atoms with Crippen molar-refractivity contribution in [1.82, 2.24) is 0 Å². The molecule has 20 heavy (non-hydrogen) atoms. The molecule has 0 saturated heterocycles. The molecule has 0 spiro atoms. The number of nitrogens with two attached hydrogens (primary N) is 1. The monoisotopic (exact) mass is 287 g/mol. The molecule has 0 radical (unpaired) electrons. The van der Waals surface area contributed by atoms with Crippen LogP contribution in [0.3, 0.4) is 0 Å². The van der Waals surface area contributed by atoms with Gasteiger partial charge in [-0.1, -0.05) is 18.2 Å². The zero-order chi connectivity index (χ0) is 14.8. The summed E-state index contributed by atoms with van der Waals surface area (Å²) in [5.74, 6) is -0.867. The first-order valence-electron chi connectivity index (χ1n) is 5.83. The number of amides is 1. The Morgan fingerprint density at radius 2 is 2.00 bits per heavy atom. The molecule has 0 saturated carbocycles. The normalized spacial score (nSPS) is 11.9. The van der Waals surface area contributed by atoms with E-state index in [0.29, 0.717) is 16.5 Å². The van der Waals surface area contributed by atoms with E-state index in [1.807, 2.05) is 0 Å². The van der Waals surface area contributed by atoms with Gasteiger partial charge in [-0.2, -0.15) is 13.2 Å². The Bertz CT molecular complexity index is 619. The summed E-state index contributed by atoms with van der Waals surface area (Å²) in [5.41, 5.74) is 5.99. The minimum atomic E-state index is -4.27. The highest BCUT2D eigenvalue weighted by atomic mass is 19.4. The molecule has 0 fully saturated rings. The van der Waals surface area contributed by atoms with E-state index in [0.717, 1.165) is 0 Å². The van der Waals surface area contributed by atoms with Gasteiger partial charge >= 0.3 is 6.18 Å². The Morgan fingerprint density at radius 3 is 2.65 bits per heavy atom. The molecule has 2 aromatic rings. The number of benzene rings is 1. The fraction of sp³-hybridized carbons (Fsp3) is 0.308. The minimum Gasteiger partial charge on any atom is -0.451 e. The predicted octanol–water partition coefficient (Wildman–Crippen LogP) is 3.00. The maximum absolute atomic E-state index is 12.0. The molecular weight excluding hydrogens is 275 g/mol. The number of halogens is 3. The molecule has 1 amide bonds. The summed E-state index contributed by atoms with van der Waals surface area (Å²) >= 11 is 0. The number of para-hydroxylation sites is 1. The van der Waals surface area contributed by atoms with Crippen molar-refractivity contribution in [3.05, 3.63) is 35.6 Å². The number of carbonyl (C=O) groups excluding carboxylic acids is 1. The van der Waals surface area contributed by atoms with Crippen molar-refractivity contribution >= 4 is 16.9 Å². The van der Waals surface area contributed by atoms with Gasteiger partial charge in [-0.25, -0.2) is 0 Å². The van der Waals surface area contributed by atoms with Crippen molar-refractivity contribution in [3.63, 3.8) is 0 Å². The average molecular weight is 287 g/mol. The van der Waals surface area contributed by atoms with Crippen molar-refractivity contribution in [3.8, 4) is 0 Å². The summed E-state index contributed by atoms with van der Waals surface area (Å²) in [5, 5.41) is 0.605. The van der Waals surface area contributed by atoms with Crippen LogP contribution in [0.25, 0.3) is 11.0 Å². The summed E-state index contributed by atoms with van der Waals surface area (Å²) in [7, 11) is 0. The Morgan fingerprint density at radius 1 is 1.30 bits per heavy atom. The number of rotatable bonds is 5. The third-order valence-corrected chi connectivity index (χ3v) is 2.70. The predicted molar refractivity (Wildman–Crippen MR) is 65.1 cm³/mol. The molecular formula is C13H12F3NO3. The molecule has 0 unspecified atom stereocenters. The van der Waals surface area contributed by atoms with E-state index >= 15 is 0 Å². The second-order valence-corrected chi connectivity index (χ2v) is 4.19. The molecule has 0 bridgehead atoms. The van der Waals surface area contributed by atoms with Gasteiger partial charge in [-0.15, -0.1) is 0 Å². The standard InChI is InChI=1S/C13H12F3NO3/c14-13(15,16)5-6-19-7-9-8-3-1-2-4-10(8)20-11(9)12(17)18/h1-4H,5-7H2,(H2,17,18). The minimum absolute atomic E-state index is 0.0850. The second kappa shape index (κ2) is 5.54. The maximum atomic E-state index is 12.0. The van der Waals surface area contributed by atoms with Crippen LogP contribution in [-0.2, 0) is 11.3 Å². The average Bonchev–Trinajstić information content (AvgIpc) is 2.72. The number of furan rings is 1. The van der Waals surface area contributed by atoms with Crippen LogP contribution >= 0.6 is 0 Å². The summed E-state index contributed by atoms with van der Waals surface area (Å²) in [6, 6.07) is 6.77. The third-order valence-electron chi connectivity index (χ3n) is 2.70. The van der Waals surface area contributed by atoms with Gasteiger partial charge in [-0.3, -0.25) is 4.79 Å². The van der Waals surface area contributed by atoms with Crippen LogP contribution < -0.4 is 5.73 Å². The first-order valence-corrected chi connectivity index (χ1v) is 5.83.